The lowest BCUT2D eigenvalue weighted by atomic mass is 10.0. The summed E-state index contributed by atoms with van der Waals surface area (Å²) >= 11 is 5.98. The van der Waals surface area contributed by atoms with Gasteiger partial charge in [0.05, 0.1) is 6.04 Å². The summed E-state index contributed by atoms with van der Waals surface area (Å²) in [6, 6.07) is 3.69. The second-order valence-electron chi connectivity index (χ2n) is 4.91. The molecule has 0 radical (unpaired) electrons. The molecule has 1 aliphatic rings. The Morgan fingerprint density at radius 3 is 2.56 bits per heavy atom. The molecule has 1 aromatic rings. The molecule has 0 aliphatic carbocycles. The van der Waals surface area contributed by atoms with E-state index < -0.39 is 0 Å². The van der Waals surface area contributed by atoms with Crippen molar-refractivity contribution in [2.45, 2.75) is 39.2 Å². The molecule has 1 saturated heterocycles. The van der Waals surface area contributed by atoms with Gasteiger partial charge in [-0.25, -0.2) is 0 Å². The molecule has 0 saturated carbocycles. The van der Waals surface area contributed by atoms with Crippen LogP contribution in [0.25, 0.3) is 0 Å². The number of rotatable bonds is 2. The SMILES string of the molecule is Cc1cc(Cl)cc(C)c1NC(=O)C1CCCCN1. The number of anilines is 1. The molecule has 1 heterocycles. The van der Waals surface area contributed by atoms with Gasteiger partial charge >= 0.3 is 0 Å². The van der Waals surface area contributed by atoms with E-state index in [0.717, 1.165) is 42.6 Å². The minimum atomic E-state index is -0.0618. The van der Waals surface area contributed by atoms with Gasteiger partial charge in [-0.1, -0.05) is 18.0 Å². The summed E-state index contributed by atoms with van der Waals surface area (Å²) in [4.78, 5) is 12.2. The maximum Gasteiger partial charge on any atom is 0.241 e. The minimum Gasteiger partial charge on any atom is -0.324 e. The zero-order valence-electron chi connectivity index (χ0n) is 10.8. The lowest BCUT2D eigenvalue weighted by Crippen LogP contribution is -2.43. The maximum atomic E-state index is 12.2. The third-order valence-corrected chi connectivity index (χ3v) is 3.59. The second kappa shape index (κ2) is 5.72. The van der Waals surface area contributed by atoms with Crippen LogP contribution in [0.15, 0.2) is 12.1 Å². The molecule has 0 aromatic heterocycles. The topological polar surface area (TPSA) is 41.1 Å². The lowest BCUT2D eigenvalue weighted by Gasteiger charge is -2.23. The summed E-state index contributed by atoms with van der Waals surface area (Å²) in [6.07, 6.45) is 3.18. The molecule has 0 bridgehead atoms. The molecule has 1 unspecified atom stereocenters. The van der Waals surface area contributed by atoms with E-state index in [-0.39, 0.29) is 11.9 Å². The molecular formula is C14H19ClN2O. The van der Waals surface area contributed by atoms with Crippen molar-refractivity contribution in [3.05, 3.63) is 28.3 Å². The van der Waals surface area contributed by atoms with Crippen LogP contribution in [-0.2, 0) is 4.79 Å². The van der Waals surface area contributed by atoms with Crippen LogP contribution >= 0.6 is 11.6 Å². The largest absolute Gasteiger partial charge is 0.324 e. The number of halogens is 1. The molecular weight excluding hydrogens is 248 g/mol. The number of carbonyl (C=O) groups excluding carboxylic acids is 1. The van der Waals surface area contributed by atoms with Gasteiger partial charge in [0.1, 0.15) is 0 Å². The fourth-order valence-corrected chi connectivity index (χ4v) is 2.72. The molecule has 1 fully saturated rings. The number of carbonyl (C=O) groups is 1. The van der Waals surface area contributed by atoms with E-state index >= 15 is 0 Å². The molecule has 2 N–H and O–H groups in total. The van der Waals surface area contributed by atoms with Crippen molar-refractivity contribution in [2.75, 3.05) is 11.9 Å². The predicted octanol–water partition coefficient (Wildman–Crippen LogP) is 3.04. The number of hydrogen-bond acceptors (Lipinski definition) is 2. The fraction of sp³-hybridized carbons (Fsp3) is 0.500. The van der Waals surface area contributed by atoms with Crippen molar-refractivity contribution >= 4 is 23.2 Å². The van der Waals surface area contributed by atoms with Crippen molar-refractivity contribution in [2.24, 2.45) is 0 Å². The van der Waals surface area contributed by atoms with Gasteiger partial charge in [-0.05, 0) is 56.5 Å². The van der Waals surface area contributed by atoms with E-state index in [2.05, 4.69) is 10.6 Å². The van der Waals surface area contributed by atoms with Gasteiger partial charge in [-0.3, -0.25) is 4.79 Å². The van der Waals surface area contributed by atoms with Crippen LogP contribution in [0.3, 0.4) is 0 Å². The third kappa shape index (κ3) is 3.03. The average molecular weight is 267 g/mol. The third-order valence-electron chi connectivity index (χ3n) is 3.37. The van der Waals surface area contributed by atoms with E-state index in [4.69, 9.17) is 11.6 Å². The molecule has 18 heavy (non-hydrogen) atoms. The molecule has 1 aliphatic heterocycles. The summed E-state index contributed by atoms with van der Waals surface area (Å²) in [7, 11) is 0. The van der Waals surface area contributed by atoms with Crippen LogP contribution in [-0.4, -0.2) is 18.5 Å². The fourth-order valence-electron chi connectivity index (χ4n) is 2.39. The smallest absolute Gasteiger partial charge is 0.241 e. The van der Waals surface area contributed by atoms with E-state index in [9.17, 15) is 4.79 Å². The van der Waals surface area contributed by atoms with Crippen LogP contribution in [0.5, 0.6) is 0 Å². The first-order valence-electron chi connectivity index (χ1n) is 6.39. The van der Waals surface area contributed by atoms with Crippen LogP contribution in [0.2, 0.25) is 5.02 Å². The van der Waals surface area contributed by atoms with Gasteiger partial charge in [0.25, 0.3) is 0 Å². The monoisotopic (exact) mass is 266 g/mol. The Bertz CT molecular complexity index is 430. The first-order chi connectivity index (χ1) is 8.58. The van der Waals surface area contributed by atoms with E-state index in [1.807, 2.05) is 26.0 Å². The summed E-state index contributed by atoms with van der Waals surface area (Å²) in [5.41, 5.74) is 2.89. The highest BCUT2D eigenvalue weighted by Crippen LogP contribution is 2.25. The first-order valence-corrected chi connectivity index (χ1v) is 6.76. The summed E-state index contributed by atoms with van der Waals surface area (Å²) in [5, 5.41) is 6.97. The van der Waals surface area contributed by atoms with Crippen LogP contribution in [0, 0.1) is 13.8 Å². The predicted molar refractivity (Wildman–Crippen MR) is 75.2 cm³/mol. The van der Waals surface area contributed by atoms with Gasteiger partial charge in [-0.15, -0.1) is 0 Å². The van der Waals surface area contributed by atoms with Gasteiger partial charge in [0.2, 0.25) is 5.91 Å². The maximum absolute atomic E-state index is 12.2. The highest BCUT2D eigenvalue weighted by molar-refractivity contribution is 6.30. The molecule has 0 spiro atoms. The standard InChI is InChI=1S/C14H19ClN2O/c1-9-7-11(15)8-10(2)13(9)17-14(18)12-5-3-4-6-16-12/h7-8,12,16H,3-6H2,1-2H3,(H,17,18). The van der Waals surface area contributed by atoms with Crippen LogP contribution < -0.4 is 10.6 Å². The average Bonchev–Trinajstić information content (AvgIpc) is 2.34. The van der Waals surface area contributed by atoms with Crippen molar-refractivity contribution in [1.82, 2.24) is 5.32 Å². The van der Waals surface area contributed by atoms with Crippen molar-refractivity contribution in [3.63, 3.8) is 0 Å². The van der Waals surface area contributed by atoms with Crippen molar-refractivity contribution in [3.8, 4) is 0 Å². The van der Waals surface area contributed by atoms with Crippen molar-refractivity contribution < 1.29 is 4.79 Å². The Balaban J connectivity index is 2.11. The normalized spacial score (nSPS) is 19.6. The Hall–Kier alpha value is -1.06. The van der Waals surface area contributed by atoms with E-state index in [1.54, 1.807) is 0 Å². The quantitative estimate of drug-likeness (QED) is 0.864. The number of amides is 1. The van der Waals surface area contributed by atoms with Crippen LogP contribution in [0.1, 0.15) is 30.4 Å². The number of piperidine rings is 1. The number of nitrogens with one attached hydrogen (secondary N) is 2. The lowest BCUT2D eigenvalue weighted by molar-refractivity contribution is -0.118. The van der Waals surface area contributed by atoms with Gasteiger partial charge in [-0.2, -0.15) is 0 Å². The zero-order chi connectivity index (χ0) is 13.1. The minimum absolute atomic E-state index is 0.0585. The van der Waals surface area contributed by atoms with Gasteiger partial charge < -0.3 is 10.6 Å². The Kier molecular flexibility index (Phi) is 4.25. The summed E-state index contributed by atoms with van der Waals surface area (Å²) in [5.74, 6) is 0.0585. The molecule has 98 valence electrons. The Morgan fingerprint density at radius 2 is 2.00 bits per heavy atom. The van der Waals surface area contributed by atoms with E-state index in [1.165, 1.54) is 0 Å². The number of hydrogen-bond donors (Lipinski definition) is 2. The molecule has 1 amide bonds. The van der Waals surface area contributed by atoms with Gasteiger partial charge in [0.15, 0.2) is 0 Å². The highest BCUT2D eigenvalue weighted by Gasteiger charge is 2.21. The molecule has 3 nitrogen and oxygen atoms in total. The Morgan fingerprint density at radius 1 is 1.33 bits per heavy atom. The molecule has 1 aromatic carbocycles. The van der Waals surface area contributed by atoms with Gasteiger partial charge in [0, 0.05) is 10.7 Å². The number of aryl methyl sites for hydroxylation is 2. The second-order valence-corrected chi connectivity index (χ2v) is 5.34. The van der Waals surface area contributed by atoms with E-state index in [0.29, 0.717) is 5.02 Å². The zero-order valence-corrected chi connectivity index (χ0v) is 11.6. The highest BCUT2D eigenvalue weighted by atomic mass is 35.5. The van der Waals surface area contributed by atoms with Crippen LogP contribution in [0.4, 0.5) is 5.69 Å². The Labute approximate surface area is 113 Å². The number of benzene rings is 1. The molecule has 1 atom stereocenters. The summed E-state index contributed by atoms with van der Waals surface area (Å²) in [6.45, 7) is 4.85. The molecule has 4 heteroatoms. The summed E-state index contributed by atoms with van der Waals surface area (Å²) < 4.78 is 0. The first kappa shape index (κ1) is 13.4. The molecule has 2 rings (SSSR count). The van der Waals surface area contributed by atoms with Crippen molar-refractivity contribution in [1.29, 1.82) is 0 Å².